The van der Waals surface area contributed by atoms with Gasteiger partial charge in [0.15, 0.2) is 0 Å². The molecule has 5 heteroatoms. The molecule has 0 amide bonds. The molecular formula is C13H9BrClF2N. The Bertz CT molecular complexity index is 555. The van der Waals surface area contributed by atoms with E-state index in [2.05, 4.69) is 21.2 Å². The van der Waals surface area contributed by atoms with Gasteiger partial charge in [-0.25, -0.2) is 8.78 Å². The molecule has 1 nitrogen and oxygen atoms in total. The van der Waals surface area contributed by atoms with Crippen molar-refractivity contribution in [2.75, 3.05) is 5.32 Å². The average molecular weight is 333 g/mol. The smallest absolute Gasteiger partial charge is 0.126 e. The maximum atomic E-state index is 13.0. The topological polar surface area (TPSA) is 12.0 Å². The minimum absolute atomic E-state index is 0.336. The van der Waals surface area contributed by atoms with E-state index in [0.29, 0.717) is 17.1 Å². The third-order valence-corrected chi connectivity index (χ3v) is 3.55. The molecule has 0 heterocycles. The maximum absolute atomic E-state index is 13.0. The molecule has 0 saturated carbocycles. The molecule has 2 aromatic carbocycles. The summed E-state index contributed by atoms with van der Waals surface area (Å²) in [7, 11) is 0. The van der Waals surface area contributed by atoms with Crippen molar-refractivity contribution in [1.82, 2.24) is 0 Å². The van der Waals surface area contributed by atoms with Gasteiger partial charge in [-0.15, -0.1) is 0 Å². The number of halogens is 4. The molecule has 1 N–H and O–H groups in total. The van der Waals surface area contributed by atoms with E-state index >= 15 is 0 Å². The summed E-state index contributed by atoms with van der Waals surface area (Å²) >= 11 is 9.17. The van der Waals surface area contributed by atoms with Crippen molar-refractivity contribution < 1.29 is 8.78 Å². The van der Waals surface area contributed by atoms with Crippen LogP contribution in [0.25, 0.3) is 0 Å². The third kappa shape index (κ3) is 3.43. The fourth-order valence-corrected chi connectivity index (χ4v) is 2.02. The fraction of sp³-hybridized carbons (Fsp3) is 0.0769. The Hall–Kier alpha value is -1.13. The normalized spacial score (nSPS) is 10.4. The number of hydrogen-bond acceptors (Lipinski definition) is 1. The van der Waals surface area contributed by atoms with E-state index in [4.69, 9.17) is 11.6 Å². The van der Waals surface area contributed by atoms with Crippen LogP contribution in [0.15, 0.2) is 40.9 Å². The van der Waals surface area contributed by atoms with Crippen LogP contribution in [0, 0.1) is 11.6 Å². The molecule has 2 aromatic rings. The van der Waals surface area contributed by atoms with E-state index in [9.17, 15) is 8.78 Å². The van der Waals surface area contributed by atoms with Gasteiger partial charge in [-0.2, -0.15) is 0 Å². The SMILES string of the molecule is Fc1cc(F)cc(CNc2ccc(Cl)c(Br)c2)c1. The highest BCUT2D eigenvalue weighted by molar-refractivity contribution is 9.10. The van der Waals surface area contributed by atoms with E-state index in [-0.39, 0.29) is 0 Å². The van der Waals surface area contributed by atoms with Gasteiger partial charge in [0.05, 0.1) is 5.02 Å². The lowest BCUT2D eigenvalue weighted by atomic mass is 10.2. The second kappa shape index (κ2) is 5.67. The van der Waals surface area contributed by atoms with Gasteiger partial charge in [0, 0.05) is 22.8 Å². The van der Waals surface area contributed by atoms with Crippen LogP contribution in [-0.2, 0) is 6.54 Å². The van der Waals surface area contributed by atoms with E-state index in [1.807, 2.05) is 0 Å². The quantitative estimate of drug-likeness (QED) is 0.834. The van der Waals surface area contributed by atoms with Crippen LogP contribution in [0.4, 0.5) is 14.5 Å². The molecule has 0 aliphatic rings. The standard InChI is InChI=1S/C13H9BrClF2N/c14-12-6-11(1-2-13(12)15)18-7-8-3-9(16)5-10(17)4-8/h1-6,18H,7H2. The number of benzene rings is 2. The molecule has 94 valence electrons. The van der Waals surface area contributed by atoms with Gasteiger partial charge < -0.3 is 5.32 Å². The first-order valence-corrected chi connectivity index (χ1v) is 6.35. The van der Waals surface area contributed by atoms with Crippen LogP contribution in [0.5, 0.6) is 0 Å². The van der Waals surface area contributed by atoms with Gasteiger partial charge in [-0.3, -0.25) is 0 Å². The molecule has 0 spiro atoms. The Morgan fingerprint density at radius 2 is 1.72 bits per heavy atom. The fourth-order valence-electron chi connectivity index (χ4n) is 1.52. The van der Waals surface area contributed by atoms with E-state index < -0.39 is 11.6 Å². The minimum Gasteiger partial charge on any atom is -0.381 e. The van der Waals surface area contributed by atoms with E-state index in [1.165, 1.54) is 12.1 Å². The number of anilines is 1. The van der Waals surface area contributed by atoms with Crippen molar-refractivity contribution in [1.29, 1.82) is 0 Å². The third-order valence-electron chi connectivity index (χ3n) is 2.34. The molecule has 18 heavy (non-hydrogen) atoms. The lowest BCUT2D eigenvalue weighted by Gasteiger charge is -2.08. The van der Waals surface area contributed by atoms with Crippen LogP contribution in [0.1, 0.15) is 5.56 Å². The lowest BCUT2D eigenvalue weighted by molar-refractivity contribution is 0.580. The van der Waals surface area contributed by atoms with Crippen LogP contribution >= 0.6 is 27.5 Å². The minimum atomic E-state index is -0.580. The maximum Gasteiger partial charge on any atom is 0.126 e. The molecule has 0 aliphatic carbocycles. The van der Waals surface area contributed by atoms with Gasteiger partial charge in [0.2, 0.25) is 0 Å². The van der Waals surface area contributed by atoms with Crippen LogP contribution < -0.4 is 5.32 Å². The number of nitrogens with one attached hydrogen (secondary N) is 1. The second-order valence-electron chi connectivity index (χ2n) is 3.76. The monoisotopic (exact) mass is 331 g/mol. The summed E-state index contributed by atoms with van der Waals surface area (Å²) in [5.74, 6) is -1.16. The number of rotatable bonds is 3. The molecule has 0 aromatic heterocycles. The van der Waals surface area contributed by atoms with Gasteiger partial charge in [0.25, 0.3) is 0 Å². The predicted octanol–water partition coefficient (Wildman–Crippen LogP) is 4.99. The molecule has 0 saturated heterocycles. The summed E-state index contributed by atoms with van der Waals surface area (Å²) < 4.78 is 26.7. The van der Waals surface area contributed by atoms with Gasteiger partial charge in [-0.1, -0.05) is 11.6 Å². The summed E-state index contributed by atoms with van der Waals surface area (Å²) in [6.45, 7) is 0.336. The summed E-state index contributed by atoms with van der Waals surface area (Å²) in [5.41, 5.74) is 1.36. The zero-order chi connectivity index (χ0) is 13.1. The zero-order valence-corrected chi connectivity index (χ0v) is 11.5. The molecule has 0 fully saturated rings. The largest absolute Gasteiger partial charge is 0.381 e. The first-order valence-electron chi connectivity index (χ1n) is 5.18. The zero-order valence-electron chi connectivity index (χ0n) is 9.18. The van der Waals surface area contributed by atoms with Gasteiger partial charge >= 0.3 is 0 Å². The first-order chi connectivity index (χ1) is 8.54. The van der Waals surface area contributed by atoms with Crippen molar-refractivity contribution in [2.24, 2.45) is 0 Å². The summed E-state index contributed by atoms with van der Waals surface area (Å²) in [5, 5.41) is 3.67. The Labute approximate surface area is 117 Å². The highest BCUT2D eigenvalue weighted by atomic mass is 79.9. The lowest BCUT2D eigenvalue weighted by Crippen LogP contribution is -2.00. The number of hydrogen-bond donors (Lipinski definition) is 1. The van der Waals surface area contributed by atoms with Crippen molar-refractivity contribution in [3.63, 3.8) is 0 Å². The van der Waals surface area contributed by atoms with Gasteiger partial charge in [-0.05, 0) is 51.8 Å². The highest BCUT2D eigenvalue weighted by Gasteiger charge is 2.02. The van der Waals surface area contributed by atoms with Crippen LogP contribution in [-0.4, -0.2) is 0 Å². The Morgan fingerprint density at radius 3 is 2.33 bits per heavy atom. The Kier molecular flexibility index (Phi) is 4.19. The summed E-state index contributed by atoms with van der Waals surface area (Å²) in [6.07, 6.45) is 0. The predicted molar refractivity (Wildman–Crippen MR) is 72.8 cm³/mol. The molecule has 0 radical (unpaired) electrons. The van der Waals surface area contributed by atoms with E-state index in [0.717, 1.165) is 16.2 Å². The average Bonchev–Trinajstić information content (AvgIpc) is 2.29. The Morgan fingerprint density at radius 1 is 1.06 bits per heavy atom. The first kappa shape index (κ1) is 13.3. The van der Waals surface area contributed by atoms with E-state index in [1.54, 1.807) is 18.2 Å². The molecular weight excluding hydrogens is 324 g/mol. The van der Waals surface area contributed by atoms with Crippen molar-refractivity contribution in [3.05, 3.63) is 63.1 Å². The van der Waals surface area contributed by atoms with Crippen molar-refractivity contribution in [3.8, 4) is 0 Å². The van der Waals surface area contributed by atoms with Crippen molar-refractivity contribution in [2.45, 2.75) is 6.54 Å². The second-order valence-corrected chi connectivity index (χ2v) is 5.02. The Balaban J connectivity index is 2.08. The summed E-state index contributed by atoms with van der Waals surface area (Å²) in [4.78, 5) is 0. The summed E-state index contributed by atoms with van der Waals surface area (Å²) in [6, 6.07) is 8.77. The molecule has 0 bridgehead atoms. The molecule has 0 unspecified atom stereocenters. The van der Waals surface area contributed by atoms with Gasteiger partial charge in [0.1, 0.15) is 11.6 Å². The van der Waals surface area contributed by atoms with Crippen LogP contribution in [0.2, 0.25) is 5.02 Å². The van der Waals surface area contributed by atoms with Crippen molar-refractivity contribution >= 4 is 33.2 Å². The highest BCUT2D eigenvalue weighted by Crippen LogP contribution is 2.25. The molecule has 0 aliphatic heterocycles. The van der Waals surface area contributed by atoms with Crippen LogP contribution in [0.3, 0.4) is 0 Å². The molecule has 0 atom stereocenters. The molecule has 2 rings (SSSR count).